The van der Waals surface area contributed by atoms with Crippen molar-refractivity contribution in [3.8, 4) is 0 Å². The standard InChI is InChI=1S/C22H44N10O6/c1-11(2)10-15(18(35)31-14(20(37)38)7-5-9-29-22(26)27)32-17(34)13(6-4-8-28-21(24)25)30-19(36)16(23)12(3)33/h11-16,33H,4-10,23H2,1-3H3,(H,30,36)(H,31,35)(H,32,34)(H,37,38)(H4,24,25,28)(H4,26,27,29)/t12-,13-,14+,15+,16+/m1/s1. The molecule has 0 bridgehead atoms. The van der Waals surface area contributed by atoms with Crippen LogP contribution < -0.4 is 44.6 Å². The summed E-state index contributed by atoms with van der Waals surface area (Å²) in [6.07, 6.45) is -0.220. The van der Waals surface area contributed by atoms with Crippen LogP contribution >= 0.6 is 0 Å². The number of carbonyl (C=O) groups is 4. The van der Waals surface area contributed by atoms with Gasteiger partial charge in [-0.3, -0.25) is 24.4 Å². The monoisotopic (exact) mass is 544 g/mol. The molecule has 5 atom stereocenters. The number of hydrogen-bond donors (Lipinski definition) is 10. The first-order chi connectivity index (χ1) is 17.6. The molecule has 38 heavy (non-hydrogen) atoms. The van der Waals surface area contributed by atoms with Crippen LogP contribution in [-0.2, 0) is 19.2 Å². The molecule has 0 aromatic carbocycles. The van der Waals surface area contributed by atoms with Gasteiger partial charge in [0.15, 0.2) is 11.9 Å². The van der Waals surface area contributed by atoms with Crippen LogP contribution in [0.2, 0.25) is 0 Å². The fraction of sp³-hybridized carbons (Fsp3) is 0.727. The van der Waals surface area contributed by atoms with Gasteiger partial charge in [-0.1, -0.05) is 13.8 Å². The van der Waals surface area contributed by atoms with Gasteiger partial charge in [-0.2, -0.15) is 0 Å². The molecule has 0 aliphatic carbocycles. The van der Waals surface area contributed by atoms with Crippen molar-refractivity contribution in [1.82, 2.24) is 16.0 Å². The predicted molar refractivity (Wildman–Crippen MR) is 142 cm³/mol. The van der Waals surface area contributed by atoms with Crippen LogP contribution in [0.15, 0.2) is 9.98 Å². The fourth-order valence-electron chi connectivity index (χ4n) is 3.27. The average molecular weight is 545 g/mol. The number of amides is 3. The van der Waals surface area contributed by atoms with Crippen molar-refractivity contribution < 1.29 is 29.4 Å². The maximum Gasteiger partial charge on any atom is 0.326 e. The zero-order valence-electron chi connectivity index (χ0n) is 22.2. The summed E-state index contributed by atoms with van der Waals surface area (Å²) < 4.78 is 0. The Morgan fingerprint density at radius 2 is 1.16 bits per heavy atom. The van der Waals surface area contributed by atoms with Crippen molar-refractivity contribution in [2.24, 2.45) is 44.6 Å². The molecule has 0 fully saturated rings. The van der Waals surface area contributed by atoms with Gasteiger partial charge in [0.2, 0.25) is 17.7 Å². The lowest BCUT2D eigenvalue weighted by Gasteiger charge is -2.26. The molecule has 0 unspecified atom stereocenters. The Balaban J connectivity index is 5.58. The smallest absolute Gasteiger partial charge is 0.326 e. The third kappa shape index (κ3) is 14.8. The lowest BCUT2D eigenvalue weighted by atomic mass is 10.0. The maximum atomic E-state index is 13.1. The number of hydrogen-bond acceptors (Lipinski definition) is 8. The van der Waals surface area contributed by atoms with E-state index in [9.17, 15) is 29.4 Å². The normalized spacial score (nSPS) is 14.8. The number of aliphatic hydroxyl groups excluding tert-OH is 1. The largest absolute Gasteiger partial charge is 0.480 e. The molecule has 0 saturated carbocycles. The Morgan fingerprint density at radius 1 is 0.737 bits per heavy atom. The minimum atomic E-state index is -1.28. The van der Waals surface area contributed by atoms with Crippen LogP contribution in [0.25, 0.3) is 0 Å². The summed E-state index contributed by atoms with van der Waals surface area (Å²) in [6.45, 7) is 5.35. The van der Waals surface area contributed by atoms with Gasteiger partial charge in [0.05, 0.1) is 6.10 Å². The van der Waals surface area contributed by atoms with Crippen molar-refractivity contribution in [2.75, 3.05) is 13.1 Å². The zero-order valence-corrected chi connectivity index (χ0v) is 22.2. The molecule has 3 amide bonds. The third-order valence-corrected chi connectivity index (χ3v) is 5.30. The summed E-state index contributed by atoms with van der Waals surface area (Å²) >= 11 is 0. The van der Waals surface area contributed by atoms with Gasteiger partial charge < -0.3 is 54.8 Å². The minimum absolute atomic E-state index is 0.0465. The summed E-state index contributed by atoms with van der Waals surface area (Å²) in [5.41, 5.74) is 26.8. The molecule has 218 valence electrons. The highest BCUT2D eigenvalue weighted by Crippen LogP contribution is 2.09. The highest BCUT2D eigenvalue weighted by molar-refractivity contribution is 5.94. The van der Waals surface area contributed by atoms with Crippen LogP contribution in [0, 0.1) is 5.92 Å². The van der Waals surface area contributed by atoms with E-state index < -0.39 is 54.0 Å². The number of rotatable bonds is 18. The van der Waals surface area contributed by atoms with E-state index in [1.54, 1.807) is 0 Å². The highest BCUT2D eigenvalue weighted by Gasteiger charge is 2.31. The Hall–Kier alpha value is -3.66. The van der Waals surface area contributed by atoms with E-state index in [0.29, 0.717) is 12.8 Å². The highest BCUT2D eigenvalue weighted by atomic mass is 16.4. The summed E-state index contributed by atoms with van der Waals surface area (Å²) in [5, 5.41) is 26.7. The van der Waals surface area contributed by atoms with Gasteiger partial charge in [-0.05, 0) is 44.9 Å². The van der Waals surface area contributed by atoms with Gasteiger partial charge in [0, 0.05) is 13.1 Å². The van der Waals surface area contributed by atoms with Crippen LogP contribution in [-0.4, -0.2) is 89.2 Å². The molecule has 15 N–H and O–H groups in total. The summed E-state index contributed by atoms with van der Waals surface area (Å²) in [6, 6.07) is -4.74. The molecule has 16 nitrogen and oxygen atoms in total. The first kappa shape index (κ1) is 34.3. The molecular weight excluding hydrogens is 500 g/mol. The molecule has 0 radical (unpaired) electrons. The summed E-state index contributed by atoms with van der Waals surface area (Å²) in [7, 11) is 0. The van der Waals surface area contributed by atoms with E-state index in [2.05, 4.69) is 25.9 Å². The number of aliphatic hydroxyl groups is 1. The number of aliphatic carboxylic acids is 1. The molecule has 0 aromatic heterocycles. The van der Waals surface area contributed by atoms with Crippen molar-refractivity contribution in [1.29, 1.82) is 0 Å². The first-order valence-electron chi connectivity index (χ1n) is 12.3. The van der Waals surface area contributed by atoms with Crippen LogP contribution in [0.3, 0.4) is 0 Å². The average Bonchev–Trinajstić information content (AvgIpc) is 2.80. The van der Waals surface area contributed by atoms with Gasteiger partial charge in [0.1, 0.15) is 24.2 Å². The van der Waals surface area contributed by atoms with E-state index in [-0.39, 0.29) is 50.2 Å². The predicted octanol–water partition coefficient (Wildman–Crippen LogP) is -3.61. The van der Waals surface area contributed by atoms with Gasteiger partial charge in [-0.15, -0.1) is 0 Å². The van der Waals surface area contributed by atoms with E-state index in [1.165, 1.54) is 6.92 Å². The van der Waals surface area contributed by atoms with Gasteiger partial charge in [0.25, 0.3) is 0 Å². The summed E-state index contributed by atoms with van der Waals surface area (Å²) in [5.74, 6) is -3.72. The van der Waals surface area contributed by atoms with Gasteiger partial charge >= 0.3 is 5.97 Å². The number of guanidine groups is 2. The molecule has 0 saturated heterocycles. The second-order valence-corrected chi connectivity index (χ2v) is 9.32. The quantitative estimate of drug-likeness (QED) is 0.0456. The molecule has 0 spiro atoms. The second kappa shape index (κ2) is 17.7. The van der Waals surface area contributed by atoms with E-state index in [0.717, 1.165) is 0 Å². The topological polar surface area (TPSA) is 300 Å². The number of nitrogens with two attached hydrogens (primary N) is 5. The van der Waals surface area contributed by atoms with Crippen molar-refractivity contribution in [3.05, 3.63) is 0 Å². The Kier molecular flexibility index (Phi) is 16.0. The lowest BCUT2D eigenvalue weighted by Crippen LogP contribution is -2.58. The second-order valence-electron chi connectivity index (χ2n) is 9.32. The molecule has 0 aliphatic rings. The maximum absolute atomic E-state index is 13.1. The third-order valence-electron chi connectivity index (χ3n) is 5.30. The van der Waals surface area contributed by atoms with Crippen LogP contribution in [0.5, 0.6) is 0 Å². The van der Waals surface area contributed by atoms with Gasteiger partial charge in [-0.25, -0.2) is 4.79 Å². The minimum Gasteiger partial charge on any atom is -0.480 e. The number of carboxylic acids is 1. The molecule has 0 rings (SSSR count). The van der Waals surface area contributed by atoms with Crippen molar-refractivity contribution in [2.45, 2.75) is 83.1 Å². The fourth-order valence-corrected chi connectivity index (χ4v) is 3.27. The Bertz CT molecular complexity index is 840. The Labute approximate surface area is 222 Å². The molecular formula is C22H44N10O6. The van der Waals surface area contributed by atoms with E-state index in [1.807, 2.05) is 13.8 Å². The SMILES string of the molecule is CC(C)C[C@H](NC(=O)[C@@H](CCCN=C(N)N)NC(=O)[C@@H](N)[C@@H](C)O)C(=O)N[C@@H](CCCN=C(N)N)C(=O)O. The summed E-state index contributed by atoms with van der Waals surface area (Å²) in [4.78, 5) is 57.9. The van der Waals surface area contributed by atoms with Crippen molar-refractivity contribution in [3.63, 3.8) is 0 Å². The number of carbonyl (C=O) groups excluding carboxylic acids is 3. The van der Waals surface area contributed by atoms with Crippen LogP contribution in [0.1, 0.15) is 52.9 Å². The number of nitrogens with one attached hydrogen (secondary N) is 3. The lowest BCUT2D eigenvalue weighted by molar-refractivity contribution is -0.142. The van der Waals surface area contributed by atoms with E-state index in [4.69, 9.17) is 28.7 Å². The first-order valence-corrected chi connectivity index (χ1v) is 12.3. The molecule has 0 heterocycles. The van der Waals surface area contributed by atoms with Crippen molar-refractivity contribution >= 4 is 35.6 Å². The number of carboxylic acid groups (broad SMARTS) is 1. The molecule has 0 aliphatic heterocycles. The van der Waals surface area contributed by atoms with Crippen LogP contribution in [0.4, 0.5) is 0 Å². The zero-order chi connectivity index (χ0) is 29.4. The molecule has 16 heteroatoms. The number of nitrogens with zero attached hydrogens (tertiary/aromatic N) is 2. The number of aliphatic imine (C=N–C) groups is 2. The molecule has 0 aromatic rings. The Morgan fingerprint density at radius 3 is 1.58 bits per heavy atom. The van der Waals surface area contributed by atoms with E-state index >= 15 is 0 Å².